The van der Waals surface area contributed by atoms with Crippen LogP contribution in [0.15, 0.2) is 24.3 Å². The lowest BCUT2D eigenvalue weighted by atomic mass is 9.76. The Hall–Kier alpha value is -0.640. The van der Waals surface area contributed by atoms with Crippen LogP contribution in [0.2, 0.25) is 0 Å². The molecule has 0 radical (unpaired) electrons. The first-order valence-electron chi connectivity index (χ1n) is 9.37. The lowest BCUT2D eigenvalue weighted by molar-refractivity contribution is -0.0119. The molecule has 24 heavy (non-hydrogen) atoms. The third-order valence-corrected chi connectivity index (χ3v) is 7.19. The van der Waals surface area contributed by atoms with Gasteiger partial charge in [0, 0.05) is 12.5 Å². The summed E-state index contributed by atoms with van der Waals surface area (Å²) in [5.41, 5.74) is -0.0567. The van der Waals surface area contributed by atoms with E-state index in [1.807, 2.05) is 19.1 Å². The van der Waals surface area contributed by atoms with Gasteiger partial charge in [-0.2, -0.15) is 0 Å². The van der Waals surface area contributed by atoms with E-state index in [0.717, 1.165) is 25.7 Å². The van der Waals surface area contributed by atoms with Gasteiger partial charge in [-0.25, -0.2) is 0 Å². The molecule has 2 N–H and O–H groups in total. The van der Waals surface area contributed by atoms with E-state index in [-0.39, 0.29) is 17.4 Å². The fourth-order valence-corrected chi connectivity index (χ4v) is 5.90. The summed E-state index contributed by atoms with van der Waals surface area (Å²) in [4.78, 5) is 0. The normalized spacial score (nSPS) is 46.5. The van der Waals surface area contributed by atoms with Crippen molar-refractivity contribution >= 4 is 0 Å². The van der Waals surface area contributed by atoms with Gasteiger partial charge in [0.25, 0.3) is 0 Å². The van der Waals surface area contributed by atoms with Crippen LogP contribution in [0.1, 0.15) is 53.4 Å². The molecular formula is C21H34O3. The molecule has 0 saturated heterocycles. The molecule has 0 amide bonds. The predicted molar refractivity (Wildman–Crippen MR) is 96.5 cm³/mol. The second-order valence-corrected chi connectivity index (χ2v) is 9.39. The fourth-order valence-electron chi connectivity index (χ4n) is 5.90. The molecular weight excluding hydrogens is 300 g/mol. The molecule has 3 nitrogen and oxygen atoms in total. The monoisotopic (exact) mass is 334 g/mol. The standard InChI is InChI=1S/C21H34O3/c1-13-7-8-15-18(17-14(13)9-12-20(17,4)23)21(15,5)16(24-6)10-11-19(2,3)22/h10-11,14-18,22-23H,1,7-9,12H2,2-6H3. The first-order chi connectivity index (χ1) is 11.0. The van der Waals surface area contributed by atoms with Crippen LogP contribution in [0.5, 0.6) is 0 Å². The third-order valence-electron chi connectivity index (χ3n) is 7.19. The van der Waals surface area contributed by atoms with E-state index in [2.05, 4.69) is 13.5 Å². The zero-order valence-electron chi connectivity index (χ0n) is 15.9. The molecule has 3 rings (SSSR count). The minimum Gasteiger partial charge on any atom is -0.390 e. The largest absolute Gasteiger partial charge is 0.390 e. The summed E-state index contributed by atoms with van der Waals surface area (Å²) < 4.78 is 5.85. The van der Waals surface area contributed by atoms with Crippen molar-refractivity contribution in [1.29, 1.82) is 0 Å². The Balaban J connectivity index is 1.90. The molecule has 0 spiro atoms. The van der Waals surface area contributed by atoms with E-state index in [1.165, 1.54) is 5.57 Å². The van der Waals surface area contributed by atoms with Gasteiger partial charge in [0.2, 0.25) is 0 Å². The van der Waals surface area contributed by atoms with Crippen LogP contribution in [0.25, 0.3) is 0 Å². The van der Waals surface area contributed by atoms with Gasteiger partial charge in [0.15, 0.2) is 0 Å². The number of hydrogen-bond donors (Lipinski definition) is 2. The number of hydrogen-bond acceptors (Lipinski definition) is 3. The van der Waals surface area contributed by atoms with Crippen LogP contribution in [0, 0.1) is 29.1 Å². The molecule has 3 aliphatic rings. The van der Waals surface area contributed by atoms with Crippen molar-refractivity contribution in [1.82, 2.24) is 0 Å². The van der Waals surface area contributed by atoms with Gasteiger partial charge in [0.05, 0.1) is 17.3 Å². The summed E-state index contributed by atoms with van der Waals surface area (Å²) in [5, 5.41) is 21.1. The molecule has 3 fully saturated rings. The molecule has 0 heterocycles. The smallest absolute Gasteiger partial charge is 0.0812 e. The average Bonchev–Trinajstić information content (AvgIpc) is 2.96. The topological polar surface area (TPSA) is 49.7 Å². The molecule has 0 bridgehead atoms. The molecule has 3 saturated carbocycles. The van der Waals surface area contributed by atoms with Crippen molar-refractivity contribution in [3.8, 4) is 0 Å². The Morgan fingerprint density at radius 1 is 1.29 bits per heavy atom. The summed E-state index contributed by atoms with van der Waals surface area (Å²) in [6, 6.07) is 0. The Kier molecular flexibility index (Phi) is 4.30. The quantitative estimate of drug-likeness (QED) is 0.771. The molecule has 0 aliphatic heterocycles. The SMILES string of the molecule is C=C1CCC2C(C3C1CCC3(C)O)C2(C)C(C=CC(C)(C)O)OC. The van der Waals surface area contributed by atoms with Crippen LogP contribution >= 0.6 is 0 Å². The lowest BCUT2D eigenvalue weighted by Gasteiger charge is -2.33. The summed E-state index contributed by atoms with van der Waals surface area (Å²) in [5.74, 6) is 1.77. The van der Waals surface area contributed by atoms with Crippen molar-refractivity contribution in [2.24, 2.45) is 29.1 Å². The molecule has 7 unspecified atom stereocenters. The maximum Gasteiger partial charge on any atom is 0.0812 e. The predicted octanol–water partition coefficient (Wildman–Crippen LogP) is 3.71. The molecule has 7 atom stereocenters. The maximum atomic E-state index is 11.0. The van der Waals surface area contributed by atoms with Crippen LogP contribution in [0.3, 0.4) is 0 Å². The summed E-state index contributed by atoms with van der Waals surface area (Å²) >= 11 is 0. The van der Waals surface area contributed by atoms with E-state index in [4.69, 9.17) is 4.74 Å². The number of rotatable bonds is 4. The number of aliphatic hydroxyl groups is 2. The highest BCUT2D eigenvalue weighted by molar-refractivity contribution is 5.27. The minimum absolute atomic E-state index is 0.0256. The fraction of sp³-hybridized carbons (Fsp3) is 0.810. The Labute approximate surface area is 146 Å². The number of ether oxygens (including phenoxy) is 1. The van der Waals surface area contributed by atoms with E-state index in [1.54, 1.807) is 21.0 Å². The summed E-state index contributed by atoms with van der Waals surface area (Å²) in [6.45, 7) is 12.2. The van der Waals surface area contributed by atoms with Gasteiger partial charge in [0.1, 0.15) is 0 Å². The van der Waals surface area contributed by atoms with Crippen molar-refractivity contribution in [2.45, 2.75) is 70.7 Å². The van der Waals surface area contributed by atoms with E-state index >= 15 is 0 Å². The van der Waals surface area contributed by atoms with Crippen LogP contribution in [-0.2, 0) is 4.74 Å². The number of methoxy groups -OCH3 is 1. The Morgan fingerprint density at radius 3 is 2.54 bits per heavy atom. The molecule has 0 aromatic rings. The highest BCUT2D eigenvalue weighted by atomic mass is 16.5. The highest BCUT2D eigenvalue weighted by Gasteiger charge is 2.71. The average molecular weight is 335 g/mol. The van der Waals surface area contributed by atoms with Gasteiger partial charge in [-0.3, -0.25) is 0 Å². The second kappa shape index (κ2) is 5.69. The number of fused-ring (bicyclic) bond motifs is 3. The molecule has 3 aliphatic carbocycles. The highest BCUT2D eigenvalue weighted by Crippen LogP contribution is 2.73. The maximum absolute atomic E-state index is 11.0. The zero-order chi connectivity index (χ0) is 17.9. The summed E-state index contributed by atoms with van der Waals surface area (Å²) in [7, 11) is 1.76. The van der Waals surface area contributed by atoms with E-state index in [0.29, 0.717) is 17.8 Å². The third kappa shape index (κ3) is 2.79. The van der Waals surface area contributed by atoms with Gasteiger partial charge in [-0.05, 0) is 70.1 Å². The van der Waals surface area contributed by atoms with Crippen molar-refractivity contribution < 1.29 is 14.9 Å². The molecule has 0 aromatic carbocycles. The van der Waals surface area contributed by atoms with Crippen molar-refractivity contribution in [2.75, 3.05) is 7.11 Å². The molecule has 136 valence electrons. The van der Waals surface area contributed by atoms with E-state index in [9.17, 15) is 10.2 Å². The lowest BCUT2D eigenvalue weighted by Crippen LogP contribution is -2.37. The van der Waals surface area contributed by atoms with E-state index < -0.39 is 11.2 Å². The van der Waals surface area contributed by atoms with Gasteiger partial charge < -0.3 is 14.9 Å². The first kappa shape index (κ1) is 18.2. The number of allylic oxidation sites excluding steroid dienone is 1. The first-order valence-corrected chi connectivity index (χ1v) is 9.37. The molecule has 3 heteroatoms. The van der Waals surface area contributed by atoms with Crippen LogP contribution in [0.4, 0.5) is 0 Å². The zero-order valence-corrected chi connectivity index (χ0v) is 15.9. The van der Waals surface area contributed by atoms with Crippen LogP contribution < -0.4 is 0 Å². The summed E-state index contributed by atoms with van der Waals surface area (Å²) in [6.07, 6.45) is 7.99. The van der Waals surface area contributed by atoms with Crippen LogP contribution in [-0.4, -0.2) is 34.6 Å². The van der Waals surface area contributed by atoms with Crippen molar-refractivity contribution in [3.05, 3.63) is 24.3 Å². The second-order valence-electron chi connectivity index (χ2n) is 9.39. The van der Waals surface area contributed by atoms with Gasteiger partial charge >= 0.3 is 0 Å². The van der Waals surface area contributed by atoms with Gasteiger partial charge in [-0.1, -0.05) is 31.2 Å². The molecule has 0 aromatic heterocycles. The Morgan fingerprint density at radius 2 is 1.96 bits per heavy atom. The Bertz CT molecular complexity index is 542. The van der Waals surface area contributed by atoms with Gasteiger partial charge in [-0.15, -0.1) is 0 Å². The van der Waals surface area contributed by atoms with Crippen molar-refractivity contribution in [3.63, 3.8) is 0 Å². The minimum atomic E-state index is -0.834.